The lowest BCUT2D eigenvalue weighted by Gasteiger charge is -2.39. The number of carbonyl (C=O) groups is 1. The molecule has 10 heteroatoms. The molecular weight excluding hydrogens is 436 g/mol. The van der Waals surface area contributed by atoms with E-state index in [1.54, 1.807) is 0 Å². The van der Waals surface area contributed by atoms with Crippen molar-refractivity contribution in [2.45, 2.75) is 56.4 Å². The summed E-state index contributed by atoms with van der Waals surface area (Å²) < 4.78 is 78.0. The highest BCUT2D eigenvalue weighted by Gasteiger charge is 2.38. The van der Waals surface area contributed by atoms with Crippen LogP contribution in [0.25, 0.3) is 0 Å². The molecule has 1 saturated carbocycles. The third-order valence-electron chi connectivity index (χ3n) is 6.73. The first kappa shape index (κ1) is 24.8. The number of piperidine rings is 1. The van der Waals surface area contributed by atoms with E-state index in [9.17, 15) is 31.1 Å². The summed E-state index contributed by atoms with van der Waals surface area (Å²) in [7, 11) is 1.99. The zero-order chi connectivity index (χ0) is 23.6. The fourth-order valence-corrected chi connectivity index (χ4v) is 4.74. The molecule has 0 atom stereocenters. The Labute approximate surface area is 183 Å². The number of likely N-dealkylation sites (tertiary alicyclic amines) is 1. The SMILES string of the molecule is CNC1(CN2CCC(CNC(=O)c3cc(C(F)(F)F)cc(C(F)(F)F)c3)CC2)CCCC1. The van der Waals surface area contributed by atoms with Gasteiger partial charge in [-0.1, -0.05) is 12.8 Å². The molecule has 1 saturated heterocycles. The molecule has 2 aliphatic rings. The number of amides is 1. The van der Waals surface area contributed by atoms with E-state index in [1.165, 1.54) is 12.8 Å². The predicted octanol–water partition coefficient (Wildman–Crippen LogP) is 4.70. The van der Waals surface area contributed by atoms with Crippen molar-refractivity contribution in [2.75, 3.05) is 33.2 Å². The largest absolute Gasteiger partial charge is 0.416 e. The standard InChI is InChI=1S/C22H29F6N3O/c1-29-20(6-2-3-7-20)14-31-8-4-15(5-9-31)13-30-19(32)16-10-17(21(23,24)25)12-18(11-16)22(26,27)28/h10-12,15,29H,2-9,13-14H2,1H3,(H,30,32). The number of likely N-dealkylation sites (N-methyl/N-ethyl adjacent to an activating group) is 1. The quantitative estimate of drug-likeness (QED) is 0.599. The van der Waals surface area contributed by atoms with Gasteiger partial charge in [-0.25, -0.2) is 0 Å². The molecule has 32 heavy (non-hydrogen) atoms. The van der Waals surface area contributed by atoms with Gasteiger partial charge in [0, 0.05) is 24.2 Å². The Bertz CT molecular complexity index is 762. The first-order valence-corrected chi connectivity index (χ1v) is 10.9. The van der Waals surface area contributed by atoms with E-state index in [2.05, 4.69) is 15.5 Å². The van der Waals surface area contributed by atoms with Crippen LogP contribution in [0.15, 0.2) is 18.2 Å². The third-order valence-corrected chi connectivity index (χ3v) is 6.73. The van der Waals surface area contributed by atoms with Crippen LogP contribution in [0.2, 0.25) is 0 Å². The summed E-state index contributed by atoms with van der Waals surface area (Å²) in [6.45, 7) is 2.89. The van der Waals surface area contributed by atoms with E-state index < -0.39 is 35.0 Å². The van der Waals surface area contributed by atoms with Crippen LogP contribution in [0.5, 0.6) is 0 Å². The van der Waals surface area contributed by atoms with Gasteiger partial charge in [0.25, 0.3) is 5.91 Å². The molecule has 0 aromatic heterocycles. The van der Waals surface area contributed by atoms with Gasteiger partial charge < -0.3 is 15.5 Å². The number of halogens is 6. The topological polar surface area (TPSA) is 44.4 Å². The number of nitrogens with zero attached hydrogens (tertiary/aromatic N) is 1. The number of hydrogen-bond acceptors (Lipinski definition) is 3. The van der Waals surface area contributed by atoms with Crippen LogP contribution < -0.4 is 10.6 Å². The van der Waals surface area contributed by atoms with Crippen LogP contribution >= 0.6 is 0 Å². The van der Waals surface area contributed by atoms with E-state index >= 15 is 0 Å². The summed E-state index contributed by atoms with van der Waals surface area (Å²) in [6, 6.07) is 0.951. The van der Waals surface area contributed by atoms with Crippen LogP contribution in [0.1, 0.15) is 60.0 Å². The highest BCUT2D eigenvalue weighted by atomic mass is 19.4. The van der Waals surface area contributed by atoms with Gasteiger partial charge in [-0.05, 0) is 69.9 Å². The molecule has 0 radical (unpaired) electrons. The van der Waals surface area contributed by atoms with Crippen molar-refractivity contribution in [3.63, 3.8) is 0 Å². The molecule has 1 aromatic carbocycles. The lowest BCUT2D eigenvalue weighted by Crippen LogP contribution is -2.52. The molecule has 2 N–H and O–H groups in total. The van der Waals surface area contributed by atoms with Crippen LogP contribution in [0, 0.1) is 5.92 Å². The molecule has 1 amide bonds. The van der Waals surface area contributed by atoms with E-state index in [0.29, 0.717) is 12.1 Å². The molecule has 180 valence electrons. The maximum absolute atomic E-state index is 13.0. The molecule has 1 aromatic rings. The van der Waals surface area contributed by atoms with Crippen LogP contribution in [-0.2, 0) is 12.4 Å². The third kappa shape index (κ3) is 6.15. The smallest absolute Gasteiger partial charge is 0.352 e. The highest BCUT2D eigenvalue weighted by molar-refractivity contribution is 5.94. The maximum atomic E-state index is 13.0. The lowest BCUT2D eigenvalue weighted by atomic mass is 9.92. The van der Waals surface area contributed by atoms with Crippen molar-refractivity contribution >= 4 is 5.91 Å². The van der Waals surface area contributed by atoms with Gasteiger partial charge in [0.05, 0.1) is 11.1 Å². The Morgan fingerprint density at radius 2 is 1.53 bits per heavy atom. The first-order chi connectivity index (χ1) is 14.9. The molecule has 0 bridgehead atoms. The Morgan fingerprint density at radius 1 is 1.00 bits per heavy atom. The van der Waals surface area contributed by atoms with E-state index in [1.807, 2.05) is 7.05 Å². The van der Waals surface area contributed by atoms with E-state index in [0.717, 1.165) is 45.3 Å². The molecule has 4 nitrogen and oxygen atoms in total. The van der Waals surface area contributed by atoms with Crippen molar-refractivity contribution in [2.24, 2.45) is 5.92 Å². The second kappa shape index (κ2) is 9.59. The summed E-state index contributed by atoms with van der Waals surface area (Å²) in [5.41, 5.74) is -3.46. The second-order valence-electron chi connectivity index (χ2n) is 8.96. The van der Waals surface area contributed by atoms with Crippen LogP contribution in [0.4, 0.5) is 26.3 Å². The van der Waals surface area contributed by atoms with Gasteiger partial charge in [-0.3, -0.25) is 4.79 Å². The van der Waals surface area contributed by atoms with Gasteiger partial charge in [0.1, 0.15) is 0 Å². The number of nitrogens with one attached hydrogen (secondary N) is 2. The Balaban J connectivity index is 1.56. The van der Waals surface area contributed by atoms with Crippen LogP contribution in [-0.4, -0.2) is 49.6 Å². The maximum Gasteiger partial charge on any atom is 0.416 e. The molecule has 1 heterocycles. The normalized spacial score (nSPS) is 20.5. The Morgan fingerprint density at radius 3 is 2.00 bits per heavy atom. The number of rotatable bonds is 6. The molecule has 1 aliphatic heterocycles. The number of carbonyl (C=O) groups excluding carboxylic acids is 1. The van der Waals surface area contributed by atoms with Gasteiger partial charge in [0.15, 0.2) is 0 Å². The number of benzene rings is 1. The Kier molecular flexibility index (Phi) is 7.44. The number of hydrogen-bond donors (Lipinski definition) is 2. The first-order valence-electron chi connectivity index (χ1n) is 10.9. The lowest BCUT2D eigenvalue weighted by molar-refractivity contribution is -0.143. The summed E-state index contributed by atoms with van der Waals surface area (Å²) in [4.78, 5) is 14.7. The summed E-state index contributed by atoms with van der Waals surface area (Å²) in [5, 5.41) is 5.99. The van der Waals surface area contributed by atoms with Gasteiger partial charge >= 0.3 is 12.4 Å². The summed E-state index contributed by atoms with van der Waals surface area (Å²) in [5.74, 6) is -0.790. The molecule has 0 unspecified atom stereocenters. The zero-order valence-electron chi connectivity index (χ0n) is 18.0. The van der Waals surface area contributed by atoms with Gasteiger partial charge in [-0.2, -0.15) is 26.3 Å². The molecular formula is C22H29F6N3O. The van der Waals surface area contributed by atoms with Crippen molar-refractivity contribution in [1.82, 2.24) is 15.5 Å². The van der Waals surface area contributed by atoms with Gasteiger partial charge in [0.2, 0.25) is 0 Å². The van der Waals surface area contributed by atoms with E-state index in [-0.39, 0.29) is 24.1 Å². The molecule has 3 rings (SSSR count). The van der Waals surface area contributed by atoms with Crippen molar-refractivity contribution < 1.29 is 31.1 Å². The Hall–Kier alpha value is -1.81. The monoisotopic (exact) mass is 465 g/mol. The van der Waals surface area contributed by atoms with Crippen LogP contribution in [0.3, 0.4) is 0 Å². The van der Waals surface area contributed by atoms with Crippen molar-refractivity contribution in [3.05, 3.63) is 34.9 Å². The van der Waals surface area contributed by atoms with Crippen molar-refractivity contribution in [1.29, 1.82) is 0 Å². The zero-order valence-corrected chi connectivity index (χ0v) is 18.0. The fraction of sp³-hybridized carbons (Fsp3) is 0.682. The minimum atomic E-state index is -4.98. The predicted molar refractivity (Wildman–Crippen MR) is 108 cm³/mol. The fourth-order valence-electron chi connectivity index (χ4n) is 4.74. The van der Waals surface area contributed by atoms with Crippen molar-refractivity contribution in [3.8, 4) is 0 Å². The average molecular weight is 465 g/mol. The molecule has 0 spiro atoms. The number of alkyl halides is 6. The summed E-state index contributed by atoms with van der Waals surface area (Å²) >= 11 is 0. The summed E-state index contributed by atoms with van der Waals surface area (Å²) in [6.07, 6.45) is -3.59. The van der Waals surface area contributed by atoms with Gasteiger partial charge in [-0.15, -0.1) is 0 Å². The second-order valence-corrected chi connectivity index (χ2v) is 8.96. The minimum absolute atomic E-state index is 0.0226. The average Bonchev–Trinajstić information content (AvgIpc) is 3.20. The van der Waals surface area contributed by atoms with E-state index in [4.69, 9.17) is 0 Å². The molecule has 2 fully saturated rings. The molecule has 1 aliphatic carbocycles. The highest BCUT2D eigenvalue weighted by Crippen LogP contribution is 2.36. The minimum Gasteiger partial charge on any atom is -0.352 e.